The van der Waals surface area contributed by atoms with Crippen molar-refractivity contribution in [3.8, 4) is 0 Å². The summed E-state index contributed by atoms with van der Waals surface area (Å²) in [7, 11) is 0. The summed E-state index contributed by atoms with van der Waals surface area (Å²) < 4.78 is 6.71. The topological polar surface area (TPSA) is 115 Å². The molecule has 2 amide bonds. The summed E-state index contributed by atoms with van der Waals surface area (Å²) in [5.74, 6) is -0.241. The third-order valence-electron chi connectivity index (χ3n) is 2.97. The van der Waals surface area contributed by atoms with Crippen LogP contribution >= 0.6 is 0 Å². The number of carbonyl (C=O) groups excluding carboxylic acids is 2. The Labute approximate surface area is 130 Å². The minimum Gasteiger partial charge on any atom is -0.423 e. The Morgan fingerprint density at radius 1 is 1.22 bits per heavy atom. The van der Waals surface area contributed by atoms with Crippen molar-refractivity contribution in [3.63, 3.8) is 0 Å². The second kappa shape index (κ2) is 6.26. The highest BCUT2D eigenvalue weighted by Gasteiger charge is 2.11. The smallest absolute Gasteiger partial charge is 0.302 e. The number of aromatic nitrogens is 4. The molecular formula is C14H14N6O3. The van der Waals surface area contributed by atoms with Gasteiger partial charge in [0, 0.05) is 6.42 Å². The van der Waals surface area contributed by atoms with Gasteiger partial charge in [-0.05, 0) is 12.1 Å². The van der Waals surface area contributed by atoms with Crippen molar-refractivity contribution in [2.75, 3.05) is 10.6 Å². The molecule has 2 heterocycles. The fraction of sp³-hybridized carbons (Fsp3) is 0.214. The number of amides is 2. The van der Waals surface area contributed by atoms with Crippen LogP contribution in [-0.2, 0) is 16.1 Å². The van der Waals surface area contributed by atoms with E-state index in [1.54, 1.807) is 19.1 Å². The van der Waals surface area contributed by atoms with Gasteiger partial charge in [0.05, 0.1) is 6.20 Å². The number of carbonyl (C=O) groups is 2. The van der Waals surface area contributed by atoms with Gasteiger partial charge < -0.3 is 9.73 Å². The highest BCUT2D eigenvalue weighted by Crippen LogP contribution is 2.17. The van der Waals surface area contributed by atoms with Gasteiger partial charge >= 0.3 is 6.01 Å². The zero-order valence-corrected chi connectivity index (χ0v) is 12.3. The quantitative estimate of drug-likeness (QED) is 0.735. The van der Waals surface area contributed by atoms with E-state index in [1.807, 2.05) is 12.1 Å². The number of hydrogen-bond acceptors (Lipinski definition) is 6. The van der Waals surface area contributed by atoms with Crippen LogP contribution in [0.25, 0.3) is 11.1 Å². The summed E-state index contributed by atoms with van der Waals surface area (Å²) in [6.07, 6.45) is 1.81. The Kier molecular flexibility index (Phi) is 4.00. The summed E-state index contributed by atoms with van der Waals surface area (Å²) in [4.78, 5) is 27.4. The van der Waals surface area contributed by atoms with E-state index in [2.05, 4.69) is 25.9 Å². The molecule has 0 saturated heterocycles. The summed E-state index contributed by atoms with van der Waals surface area (Å²) in [5, 5.41) is 12.6. The van der Waals surface area contributed by atoms with Gasteiger partial charge in [0.15, 0.2) is 11.4 Å². The first-order chi connectivity index (χ1) is 11.1. The van der Waals surface area contributed by atoms with Crippen LogP contribution in [0.5, 0.6) is 0 Å². The number of para-hydroxylation sites is 2. The Balaban J connectivity index is 1.61. The SMILES string of the molecule is CCC(=O)Nc1cn(CC(=O)Nc2nc3ccccc3o2)nn1. The van der Waals surface area contributed by atoms with Crippen molar-refractivity contribution in [2.24, 2.45) is 0 Å². The Morgan fingerprint density at radius 3 is 2.83 bits per heavy atom. The third kappa shape index (κ3) is 3.51. The Hall–Kier alpha value is -3.23. The first-order valence-corrected chi connectivity index (χ1v) is 6.99. The molecule has 0 spiro atoms. The molecule has 3 rings (SSSR count). The second-order valence-corrected chi connectivity index (χ2v) is 4.74. The number of nitrogens with zero attached hydrogens (tertiary/aromatic N) is 4. The maximum atomic E-state index is 12.0. The van der Waals surface area contributed by atoms with Crippen molar-refractivity contribution < 1.29 is 14.0 Å². The molecular weight excluding hydrogens is 300 g/mol. The van der Waals surface area contributed by atoms with Crippen molar-refractivity contribution in [1.82, 2.24) is 20.0 Å². The molecule has 23 heavy (non-hydrogen) atoms. The molecule has 118 valence electrons. The number of anilines is 2. The minimum absolute atomic E-state index is 0.0757. The molecule has 3 aromatic rings. The first-order valence-electron chi connectivity index (χ1n) is 6.99. The Bertz CT molecular complexity index is 820. The number of fused-ring (bicyclic) bond motifs is 1. The number of benzene rings is 1. The summed E-state index contributed by atoms with van der Waals surface area (Å²) >= 11 is 0. The molecule has 0 radical (unpaired) electrons. The summed E-state index contributed by atoms with van der Waals surface area (Å²) in [6, 6.07) is 7.32. The summed E-state index contributed by atoms with van der Waals surface area (Å²) in [5.41, 5.74) is 1.25. The molecule has 0 aliphatic carbocycles. The van der Waals surface area contributed by atoms with Gasteiger partial charge in [-0.15, -0.1) is 5.10 Å². The third-order valence-corrected chi connectivity index (χ3v) is 2.97. The zero-order chi connectivity index (χ0) is 16.2. The van der Waals surface area contributed by atoms with Crippen molar-refractivity contribution in [3.05, 3.63) is 30.5 Å². The molecule has 9 nitrogen and oxygen atoms in total. The van der Waals surface area contributed by atoms with Gasteiger partial charge in [-0.2, -0.15) is 4.98 Å². The highest BCUT2D eigenvalue weighted by molar-refractivity contribution is 5.90. The van der Waals surface area contributed by atoms with E-state index in [0.29, 0.717) is 23.3 Å². The number of rotatable bonds is 5. The minimum atomic E-state index is -0.366. The normalized spacial score (nSPS) is 10.7. The van der Waals surface area contributed by atoms with E-state index >= 15 is 0 Å². The van der Waals surface area contributed by atoms with E-state index in [-0.39, 0.29) is 24.4 Å². The van der Waals surface area contributed by atoms with Crippen LogP contribution in [0.2, 0.25) is 0 Å². The van der Waals surface area contributed by atoms with Crippen molar-refractivity contribution in [2.45, 2.75) is 19.9 Å². The van der Waals surface area contributed by atoms with Crippen molar-refractivity contribution in [1.29, 1.82) is 0 Å². The molecule has 0 aliphatic heterocycles. The molecule has 0 unspecified atom stereocenters. The molecule has 0 saturated carbocycles. The lowest BCUT2D eigenvalue weighted by Gasteiger charge is -2.00. The van der Waals surface area contributed by atoms with Gasteiger partial charge in [0.25, 0.3) is 0 Å². The molecule has 9 heteroatoms. The largest absolute Gasteiger partial charge is 0.423 e. The molecule has 0 atom stereocenters. The standard InChI is InChI=1S/C14H14N6O3/c1-2-12(21)16-11-7-20(19-18-11)8-13(22)17-14-15-9-5-3-4-6-10(9)23-14/h3-7H,2,8H2,1H3,(H,16,21)(H,15,17,22). The van der Waals surface area contributed by atoms with Crippen LogP contribution in [0.1, 0.15) is 13.3 Å². The van der Waals surface area contributed by atoms with Crippen molar-refractivity contribution >= 4 is 34.7 Å². The molecule has 0 aliphatic rings. The molecule has 0 bridgehead atoms. The van der Waals surface area contributed by atoms with Crippen LogP contribution in [0.15, 0.2) is 34.9 Å². The fourth-order valence-electron chi connectivity index (χ4n) is 1.90. The zero-order valence-electron chi connectivity index (χ0n) is 12.3. The lowest BCUT2D eigenvalue weighted by molar-refractivity contribution is -0.117. The lowest BCUT2D eigenvalue weighted by atomic mass is 10.3. The highest BCUT2D eigenvalue weighted by atomic mass is 16.4. The average Bonchev–Trinajstić information content (AvgIpc) is 3.12. The maximum absolute atomic E-state index is 12.0. The molecule has 0 fully saturated rings. The van der Waals surface area contributed by atoms with Gasteiger partial charge in [-0.3, -0.25) is 14.9 Å². The summed E-state index contributed by atoms with van der Waals surface area (Å²) in [6.45, 7) is 1.65. The van der Waals surface area contributed by atoms with E-state index in [4.69, 9.17) is 4.42 Å². The van der Waals surface area contributed by atoms with Gasteiger partial charge in [-0.1, -0.05) is 24.3 Å². The van der Waals surface area contributed by atoms with Crippen LogP contribution in [0, 0.1) is 0 Å². The predicted molar refractivity (Wildman–Crippen MR) is 81.6 cm³/mol. The van der Waals surface area contributed by atoms with Gasteiger partial charge in [-0.25, -0.2) is 4.68 Å². The molecule has 2 N–H and O–H groups in total. The molecule has 1 aromatic carbocycles. The lowest BCUT2D eigenvalue weighted by Crippen LogP contribution is -2.19. The number of nitrogens with one attached hydrogen (secondary N) is 2. The van der Waals surface area contributed by atoms with E-state index in [1.165, 1.54) is 10.9 Å². The van der Waals surface area contributed by atoms with Gasteiger partial charge in [0.2, 0.25) is 11.8 Å². The van der Waals surface area contributed by atoms with E-state index in [0.717, 1.165) is 0 Å². The fourth-order valence-corrected chi connectivity index (χ4v) is 1.90. The van der Waals surface area contributed by atoms with Crippen LogP contribution in [-0.4, -0.2) is 31.8 Å². The second-order valence-electron chi connectivity index (χ2n) is 4.74. The van der Waals surface area contributed by atoms with E-state index < -0.39 is 0 Å². The number of hydrogen-bond donors (Lipinski definition) is 2. The van der Waals surface area contributed by atoms with Gasteiger partial charge in [0.1, 0.15) is 12.1 Å². The first kappa shape index (κ1) is 14.7. The molecule has 2 aromatic heterocycles. The average molecular weight is 314 g/mol. The van der Waals surface area contributed by atoms with E-state index in [9.17, 15) is 9.59 Å². The maximum Gasteiger partial charge on any atom is 0.302 e. The number of oxazole rings is 1. The monoisotopic (exact) mass is 314 g/mol. The van der Waals surface area contributed by atoms with Crippen LogP contribution < -0.4 is 10.6 Å². The Morgan fingerprint density at radius 2 is 2.04 bits per heavy atom. The van der Waals surface area contributed by atoms with Crippen LogP contribution in [0.4, 0.5) is 11.8 Å². The predicted octanol–water partition coefficient (Wildman–Crippen LogP) is 1.41. The van der Waals surface area contributed by atoms with Crippen LogP contribution in [0.3, 0.4) is 0 Å².